The number of rotatable bonds is 25. The van der Waals surface area contributed by atoms with Gasteiger partial charge in [0.25, 0.3) is 0 Å². The molecule has 0 saturated carbocycles. The molecule has 0 nitrogen and oxygen atoms in total. The normalized spacial score (nSPS) is 12.5. The maximum atomic E-state index is 2.32. The van der Waals surface area contributed by atoms with Gasteiger partial charge in [0.05, 0.1) is 0 Å². The van der Waals surface area contributed by atoms with E-state index in [1.165, 1.54) is 153 Å². The second kappa shape index (κ2) is 26.4. The monoisotopic (exact) mass is 426 g/mol. The molecule has 0 saturated heterocycles. The molecule has 176 valence electrons. The predicted molar refractivity (Wildman–Crippen MR) is 139 cm³/mol. The molecule has 0 N–H and O–H groups in total. The fraction of sp³-hybridized carbons (Fsp3) is 1.00. The van der Waals surface area contributed by atoms with Crippen molar-refractivity contribution in [2.75, 3.05) is 11.5 Å². The van der Waals surface area contributed by atoms with E-state index < -0.39 is 0 Å². The van der Waals surface area contributed by atoms with Crippen LogP contribution in [0.15, 0.2) is 0 Å². The first kappa shape index (κ1) is 29.4. The average molecular weight is 427 g/mol. The highest BCUT2D eigenvalue weighted by atomic mass is 32.2. The second-order valence-corrected chi connectivity index (χ2v) is 10.7. The van der Waals surface area contributed by atoms with E-state index in [0.717, 1.165) is 5.92 Å². The fourth-order valence-electron chi connectivity index (χ4n) is 4.33. The molecule has 1 unspecified atom stereocenters. The van der Waals surface area contributed by atoms with Gasteiger partial charge in [-0.15, -0.1) is 0 Å². The summed E-state index contributed by atoms with van der Waals surface area (Å²) in [4.78, 5) is 0. The van der Waals surface area contributed by atoms with E-state index in [-0.39, 0.29) is 0 Å². The molecule has 0 radical (unpaired) electrons. The van der Waals surface area contributed by atoms with Gasteiger partial charge in [-0.25, -0.2) is 0 Å². The van der Waals surface area contributed by atoms with Crippen LogP contribution in [0.5, 0.6) is 0 Å². The summed E-state index contributed by atoms with van der Waals surface area (Å²) in [6.07, 6.45) is 32.1. The van der Waals surface area contributed by atoms with Crippen LogP contribution in [0, 0.1) is 5.92 Å². The average Bonchev–Trinajstić information content (AvgIpc) is 2.73. The van der Waals surface area contributed by atoms with Crippen LogP contribution in [-0.4, -0.2) is 11.5 Å². The first-order valence-electron chi connectivity index (χ1n) is 13.9. The Morgan fingerprint density at radius 1 is 0.414 bits per heavy atom. The molecule has 0 heterocycles. The third-order valence-corrected chi connectivity index (χ3v) is 7.71. The minimum absolute atomic E-state index is 1.01. The Bertz CT molecular complexity index is 255. The van der Waals surface area contributed by atoms with Crippen molar-refractivity contribution >= 4 is 11.8 Å². The van der Waals surface area contributed by atoms with E-state index >= 15 is 0 Å². The van der Waals surface area contributed by atoms with Crippen LogP contribution in [0.3, 0.4) is 0 Å². The smallest absolute Gasteiger partial charge is 0.00391 e. The van der Waals surface area contributed by atoms with Crippen LogP contribution in [0.4, 0.5) is 0 Å². The Balaban J connectivity index is 3.79. The first-order valence-corrected chi connectivity index (χ1v) is 15.1. The van der Waals surface area contributed by atoms with E-state index in [2.05, 4.69) is 32.5 Å². The molecule has 0 spiro atoms. The third kappa shape index (κ3) is 24.5. The summed E-state index contributed by atoms with van der Waals surface area (Å²) >= 11 is 2.27. The molecule has 0 aliphatic heterocycles. The third-order valence-electron chi connectivity index (χ3n) is 6.43. The molecule has 1 atom stereocenters. The van der Waals surface area contributed by atoms with Crippen molar-refractivity contribution in [2.24, 2.45) is 5.92 Å². The van der Waals surface area contributed by atoms with Gasteiger partial charge in [-0.2, -0.15) is 11.8 Å². The number of hydrogen-bond acceptors (Lipinski definition) is 1. The van der Waals surface area contributed by atoms with Crippen molar-refractivity contribution in [2.45, 2.75) is 162 Å². The maximum Gasteiger partial charge on any atom is -0.00391 e. The van der Waals surface area contributed by atoms with Crippen molar-refractivity contribution < 1.29 is 0 Å². The van der Waals surface area contributed by atoms with E-state index in [1.54, 1.807) is 0 Å². The van der Waals surface area contributed by atoms with E-state index in [4.69, 9.17) is 0 Å². The lowest BCUT2D eigenvalue weighted by Gasteiger charge is -2.17. The van der Waals surface area contributed by atoms with Gasteiger partial charge in [0.1, 0.15) is 0 Å². The molecule has 0 aliphatic carbocycles. The zero-order valence-electron chi connectivity index (χ0n) is 21.0. The Morgan fingerprint density at radius 3 is 1.17 bits per heavy atom. The molecule has 0 aromatic heterocycles. The molecule has 0 amide bonds. The van der Waals surface area contributed by atoms with E-state index in [9.17, 15) is 0 Å². The second-order valence-electron chi connectivity index (χ2n) is 9.53. The summed E-state index contributed by atoms with van der Waals surface area (Å²) in [5.74, 6) is 3.86. The lowest BCUT2D eigenvalue weighted by Crippen LogP contribution is -2.05. The van der Waals surface area contributed by atoms with Crippen LogP contribution < -0.4 is 0 Å². The van der Waals surface area contributed by atoms with Gasteiger partial charge < -0.3 is 0 Å². The lowest BCUT2D eigenvalue weighted by atomic mass is 9.95. The first-order chi connectivity index (χ1) is 14.3. The summed E-state index contributed by atoms with van der Waals surface area (Å²) in [5.41, 5.74) is 0. The maximum absolute atomic E-state index is 2.32. The van der Waals surface area contributed by atoms with E-state index in [1.807, 2.05) is 0 Å². The molecule has 0 aromatic carbocycles. The zero-order chi connectivity index (χ0) is 21.3. The van der Waals surface area contributed by atoms with Crippen LogP contribution >= 0.6 is 11.8 Å². The van der Waals surface area contributed by atoms with Crippen molar-refractivity contribution in [1.29, 1.82) is 0 Å². The number of hydrogen-bond donors (Lipinski definition) is 0. The van der Waals surface area contributed by atoms with Gasteiger partial charge in [0.15, 0.2) is 0 Å². The summed E-state index contributed by atoms with van der Waals surface area (Å²) in [6.45, 7) is 6.95. The van der Waals surface area contributed by atoms with Crippen molar-refractivity contribution in [3.05, 3.63) is 0 Å². The van der Waals surface area contributed by atoms with Gasteiger partial charge in [-0.1, -0.05) is 143 Å². The summed E-state index contributed by atoms with van der Waals surface area (Å²) in [5, 5.41) is 0. The number of thioether (sulfide) groups is 1. The van der Waals surface area contributed by atoms with Crippen LogP contribution in [0.25, 0.3) is 0 Å². The van der Waals surface area contributed by atoms with Gasteiger partial charge >= 0.3 is 0 Å². The van der Waals surface area contributed by atoms with Crippen LogP contribution in [0.2, 0.25) is 0 Å². The Labute approximate surface area is 191 Å². The summed E-state index contributed by atoms with van der Waals surface area (Å²) in [6, 6.07) is 0. The summed E-state index contributed by atoms with van der Waals surface area (Å²) in [7, 11) is 0. The zero-order valence-corrected chi connectivity index (χ0v) is 21.8. The molecule has 0 aliphatic rings. The van der Waals surface area contributed by atoms with Crippen molar-refractivity contribution in [3.63, 3.8) is 0 Å². The highest BCUT2D eigenvalue weighted by Crippen LogP contribution is 2.24. The largest absolute Gasteiger partial charge is 0.162 e. The summed E-state index contributed by atoms with van der Waals surface area (Å²) < 4.78 is 0. The highest BCUT2D eigenvalue weighted by Gasteiger charge is 2.09. The van der Waals surface area contributed by atoms with Gasteiger partial charge in [0, 0.05) is 0 Å². The lowest BCUT2D eigenvalue weighted by molar-refractivity contribution is 0.436. The standard InChI is InChI=1S/C28H58S/c1-4-7-10-13-16-17-19-22-25-28(24-21-18-14-11-8-5-2)27-29-26-23-20-15-12-9-6-3/h28H,4-27H2,1-3H3. The van der Waals surface area contributed by atoms with Gasteiger partial charge in [-0.3, -0.25) is 0 Å². The quantitative estimate of drug-likeness (QED) is 0.131. The van der Waals surface area contributed by atoms with Gasteiger partial charge in [0.2, 0.25) is 0 Å². The molecule has 0 fully saturated rings. The molecule has 0 aromatic rings. The fourth-order valence-corrected chi connectivity index (χ4v) is 5.57. The molecule has 29 heavy (non-hydrogen) atoms. The van der Waals surface area contributed by atoms with Gasteiger partial charge in [-0.05, 0) is 36.7 Å². The molecular weight excluding hydrogens is 368 g/mol. The molecular formula is C28H58S. The molecule has 1 heteroatoms. The number of unbranched alkanes of at least 4 members (excludes halogenated alkanes) is 17. The highest BCUT2D eigenvalue weighted by molar-refractivity contribution is 7.99. The van der Waals surface area contributed by atoms with Crippen molar-refractivity contribution in [3.8, 4) is 0 Å². The molecule has 0 rings (SSSR count). The predicted octanol–water partition coefficient (Wildman–Crippen LogP) is 11.0. The van der Waals surface area contributed by atoms with E-state index in [0.29, 0.717) is 0 Å². The van der Waals surface area contributed by atoms with Crippen molar-refractivity contribution in [1.82, 2.24) is 0 Å². The SMILES string of the molecule is CCCCCCCCCCC(CCCCCCCC)CSCCCCCCCC. The minimum atomic E-state index is 1.01. The minimum Gasteiger partial charge on any atom is -0.162 e. The Hall–Kier alpha value is 0.350. The topological polar surface area (TPSA) is 0 Å². The van der Waals surface area contributed by atoms with Crippen LogP contribution in [0.1, 0.15) is 162 Å². The van der Waals surface area contributed by atoms with Crippen LogP contribution in [-0.2, 0) is 0 Å². The molecule has 0 bridgehead atoms. The Morgan fingerprint density at radius 2 is 0.759 bits per heavy atom. The Kier molecular flexibility index (Phi) is 26.7.